The Morgan fingerprint density at radius 1 is 1.26 bits per heavy atom. The van der Waals surface area contributed by atoms with Crippen molar-refractivity contribution in [1.82, 2.24) is 15.1 Å². The molecule has 0 aromatic heterocycles. The first kappa shape index (κ1) is 24.8. The molecule has 1 saturated carbocycles. The van der Waals surface area contributed by atoms with Crippen LogP contribution in [0.5, 0.6) is 5.75 Å². The zero-order valence-corrected chi connectivity index (χ0v) is 20.1. The third kappa shape index (κ3) is 5.47. The van der Waals surface area contributed by atoms with Crippen LogP contribution in [0.3, 0.4) is 0 Å². The Morgan fingerprint density at radius 2 is 2.06 bits per heavy atom. The highest BCUT2D eigenvalue weighted by Crippen LogP contribution is 2.39. The van der Waals surface area contributed by atoms with Crippen LogP contribution in [-0.2, 0) is 16.1 Å². The number of guanidine groups is 1. The largest absolute Gasteiger partial charge is 0.492 e. The van der Waals surface area contributed by atoms with Gasteiger partial charge in [-0.3, -0.25) is 14.9 Å². The number of rotatable bonds is 10. The summed E-state index contributed by atoms with van der Waals surface area (Å²) in [6.07, 6.45) is 6.91. The maximum atomic E-state index is 12.7. The Balaban J connectivity index is 1.30. The van der Waals surface area contributed by atoms with Crippen LogP contribution in [-0.4, -0.2) is 76.7 Å². The Morgan fingerprint density at radius 3 is 2.79 bits per heavy atom. The number of carbonyl (C=O) groups is 2. The van der Waals surface area contributed by atoms with Gasteiger partial charge in [0.1, 0.15) is 11.8 Å². The lowest BCUT2D eigenvalue weighted by atomic mass is 9.89. The van der Waals surface area contributed by atoms with Gasteiger partial charge in [-0.1, -0.05) is 30.9 Å². The van der Waals surface area contributed by atoms with E-state index in [0.717, 1.165) is 24.9 Å². The van der Waals surface area contributed by atoms with Gasteiger partial charge in [-0.05, 0) is 37.3 Å². The van der Waals surface area contributed by atoms with E-state index in [2.05, 4.69) is 10.3 Å². The van der Waals surface area contributed by atoms with E-state index in [0.29, 0.717) is 60.9 Å². The van der Waals surface area contributed by atoms with Gasteiger partial charge in [0.15, 0.2) is 0 Å². The van der Waals surface area contributed by atoms with Crippen LogP contribution in [0, 0.1) is 5.92 Å². The summed E-state index contributed by atoms with van der Waals surface area (Å²) in [6.45, 7) is 1.43. The average Bonchev–Trinajstić information content (AvgIpc) is 3.16. The van der Waals surface area contributed by atoms with Crippen LogP contribution < -0.4 is 10.1 Å². The van der Waals surface area contributed by atoms with E-state index >= 15 is 0 Å². The predicted molar refractivity (Wildman–Crippen MR) is 128 cm³/mol. The van der Waals surface area contributed by atoms with Gasteiger partial charge in [-0.15, -0.1) is 0 Å². The number of hydrogen-bond acceptors (Lipinski definition) is 7. The molecule has 2 heterocycles. The van der Waals surface area contributed by atoms with Crippen molar-refractivity contribution in [3.63, 3.8) is 0 Å². The minimum absolute atomic E-state index is 0.0286. The van der Waals surface area contributed by atoms with E-state index in [4.69, 9.17) is 16.3 Å². The molecule has 1 aromatic carbocycles. The van der Waals surface area contributed by atoms with Gasteiger partial charge < -0.3 is 24.7 Å². The number of carbonyl (C=O) groups excluding carboxylic acids is 2. The molecular formula is C24H33ClN4O5. The summed E-state index contributed by atoms with van der Waals surface area (Å²) in [7, 11) is 0. The van der Waals surface area contributed by atoms with Gasteiger partial charge in [0, 0.05) is 25.1 Å². The summed E-state index contributed by atoms with van der Waals surface area (Å²) >= 11 is 6.59. The van der Waals surface area contributed by atoms with Gasteiger partial charge in [0.25, 0.3) is 5.91 Å². The van der Waals surface area contributed by atoms with Crippen molar-refractivity contribution < 1.29 is 24.5 Å². The molecule has 1 atom stereocenters. The van der Waals surface area contributed by atoms with Crippen LogP contribution in [0.25, 0.3) is 0 Å². The zero-order valence-electron chi connectivity index (χ0n) is 19.3. The first-order valence-electron chi connectivity index (χ1n) is 12.1. The molecule has 4 rings (SSSR count). The molecule has 10 heteroatoms. The molecular weight excluding hydrogens is 460 g/mol. The first-order valence-corrected chi connectivity index (χ1v) is 12.5. The summed E-state index contributed by atoms with van der Waals surface area (Å²) < 4.78 is 5.88. The summed E-state index contributed by atoms with van der Waals surface area (Å²) in [5.74, 6) is 1.21. The maximum absolute atomic E-state index is 12.7. The maximum Gasteiger partial charge on any atom is 0.251 e. The minimum Gasteiger partial charge on any atom is -0.492 e. The second-order valence-electron chi connectivity index (χ2n) is 9.15. The molecule has 2 amide bonds. The van der Waals surface area contributed by atoms with E-state index in [9.17, 15) is 19.8 Å². The molecule has 0 radical (unpaired) electrons. The number of aliphatic hydroxyl groups is 2. The number of halogens is 1. The highest BCUT2D eigenvalue weighted by molar-refractivity contribution is 6.33. The fourth-order valence-electron chi connectivity index (χ4n) is 4.94. The van der Waals surface area contributed by atoms with Crippen LogP contribution >= 0.6 is 11.6 Å². The average molecular weight is 493 g/mol. The van der Waals surface area contributed by atoms with Crippen LogP contribution in [0.15, 0.2) is 17.1 Å². The van der Waals surface area contributed by atoms with E-state index in [1.807, 2.05) is 0 Å². The highest BCUT2D eigenvalue weighted by Gasteiger charge is 2.39. The lowest BCUT2D eigenvalue weighted by Crippen LogP contribution is -2.39. The molecule has 2 fully saturated rings. The molecule has 0 spiro atoms. The molecule has 186 valence electrons. The van der Waals surface area contributed by atoms with Gasteiger partial charge in [-0.2, -0.15) is 0 Å². The van der Waals surface area contributed by atoms with E-state index in [-0.39, 0.29) is 25.0 Å². The Kier molecular flexibility index (Phi) is 8.28. The van der Waals surface area contributed by atoms with Gasteiger partial charge in [0.05, 0.1) is 37.1 Å². The molecule has 1 saturated heterocycles. The number of ether oxygens (including phenoxy) is 1. The van der Waals surface area contributed by atoms with Crippen molar-refractivity contribution in [2.45, 2.75) is 57.5 Å². The van der Waals surface area contributed by atoms with E-state index in [1.165, 1.54) is 19.3 Å². The first-order chi connectivity index (χ1) is 16.5. The molecule has 2 aliphatic heterocycles. The van der Waals surface area contributed by atoms with Crippen molar-refractivity contribution in [2.24, 2.45) is 10.9 Å². The van der Waals surface area contributed by atoms with Crippen molar-refractivity contribution in [2.75, 3.05) is 32.9 Å². The topological polar surface area (TPSA) is 115 Å². The predicted octanol–water partition coefficient (Wildman–Crippen LogP) is 2.19. The molecule has 3 N–H and O–H groups in total. The smallest absolute Gasteiger partial charge is 0.251 e. The number of hydrogen-bond donors (Lipinski definition) is 3. The van der Waals surface area contributed by atoms with Crippen molar-refractivity contribution in [1.29, 1.82) is 0 Å². The molecule has 34 heavy (non-hydrogen) atoms. The fourth-order valence-corrected chi connectivity index (χ4v) is 5.21. The Labute approximate surface area is 204 Å². The number of benzene rings is 1. The number of aliphatic hydroxyl groups excluding tert-OH is 2. The number of aliphatic imine (C=N–C) groups is 1. The third-order valence-corrected chi connectivity index (χ3v) is 7.23. The second-order valence-corrected chi connectivity index (χ2v) is 9.52. The Hall–Kier alpha value is -2.36. The lowest BCUT2D eigenvalue weighted by Gasteiger charge is -2.29. The summed E-state index contributed by atoms with van der Waals surface area (Å²) in [5.41, 5.74) is 1.38. The fraction of sp³-hybridized carbons (Fsp3) is 0.625. The molecule has 1 unspecified atom stereocenters. The van der Waals surface area contributed by atoms with Crippen molar-refractivity contribution in [3.05, 3.63) is 22.7 Å². The standard InChI is InChI=1S/C24H33ClN4O5/c25-22-17-14-29-19(15-31)23(33)27-24(29)26-18(17)8-9-20(22)34-12-4-7-21(32)28(10-11-30)13-16-5-2-1-3-6-16/h8-9,16,19,30-31H,1-7,10-15H2,(H,26,27,33). The SMILES string of the molecule is O=C1NC2=Nc3ccc(OCCCC(=O)N(CCO)CC4CCCCC4)c(Cl)c3CN2C1CO. The van der Waals surface area contributed by atoms with Crippen LogP contribution in [0.2, 0.25) is 5.02 Å². The molecule has 3 aliphatic rings. The van der Waals surface area contributed by atoms with Crippen LogP contribution in [0.1, 0.15) is 50.5 Å². The third-order valence-electron chi connectivity index (χ3n) is 6.82. The number of amides is 2. The highest BCUT2D eigenvalue weighted by atomic mass is 35.5. The van der Waals surface area contributed by atoms with E-state index in [1.54, 1.807) is 21.9 Å². The minimum atomic E-state index is -0.686. The zero-order chi connectivity index (χ0) is 24.1. The molecule has 0 bridgehead atoms. The normalized spacial score (nSPS) is 19.9. The van der Waals surface area contributed by atoms with Gasteiger partial charge in [-0.25, -0.2) is 4.99 Å². The van der Waals surface area contributed by atoms with Crippen molar-refractivity contribution in [3.8, 4) is 5.75 Å². The number of nitrogens with zero attached hydrogens (tertiary/aromatic N) is 3. The summed E-state index contributed by atoms with van der Waals surface area (Å²) in [6, 6.07) is 2.84. The molecule has 1 aliphatic carbocycles. The summed E-state index contributed by atoms with van der Waals surface area (Å²) in [4.78, 5) is 32.7. The van der Waals surface area contributed by atoms with Crippen molar-refractivity contribution >= 4 is 35.1 Å². The quantitative estimate of drug-likeness (QED) is 0.431. The van der Waals surface area contributed by atoms with E-state index < -0.39 is 6.04 Å². The van der Waals surface area contributed by atoms with Crippen LogP contribution in [0.4, 0.5) is 5.69 Å². The summed E-state index contributed by atoms with van der Waals surface area (Å²) in [5, 5.41) is 22.0. The Bertz CT molecular complexity index is 934. The number of fused-ring (bicyclic) bond motifs is 2. The monoisotopic (exact) mass is 492 g/mol. The lowest BCUT2D eigenvalue weighted by molar-refractivity contribution is -0.132. The van der Waals surface area contributed by atoms with Gasteiger partial charge in [0.2, 0.25) is 11.9 Å². The number of nitrogens with one attached hydrogen (secondary N) is 1. The molecule has 9 nitrogen and oxygen atoms in total. The molecule has 1 aromatic rings. The van der Waals surface area contributed by atoms with Gasteiger partial charge >= 0.3 is 0 Å². The second kappa shape index (κ2) is 11.4.